The van der Waals surface area contributed by atoms with Crippen molar-refractivity contribution in [3.8, 4) is 5.88 Å². The highest BCUT2D eigenvalue weighted by atomic mass is 35.5. The molecule has 1 aromatic rings. The summed E-state index contributed by atoms with van der Waals surface area (Å²) in [6.07, 6.45) is -0.428. The summed E-state index contributed by atoms with van der Waals surface area (Å²) in [7, 11) is 1.47. The van der Waals surface area contributed by atoms with E-state index in [1.807, 2.05) is 0 Å². The summed E-state index contributed by atoms with van der Waals surface area (Å²) in [5.74, 6) is 0.348. The smallest absolute Gasteiger partial charge is 0.407 e. The lowest BCUT2D eigenvalue weighted by atomic mass is 10.1. The van der Waals surface area contributed by atoms with Crippen molar-refractivity contribution >= 4 is 17.7 Å². The molecule has 0 aliphatic carbocycles. The van der Waals surface area contributed by atoms with Gasteiger partial charge >= 0.3 is 6.09 Å². The molecular formula is C9H10ClN3O3. The number of carboxylic acid groups (broad SMARTS) is 1. The molecule has 1 aromatic heterocycles. The normalized spacial score (nSPS) is 14.5. The van der Waals surface area contributed by atoms with Crippen LogP contribution >= 0.6 is 11.6 Å². The maximum atomic E-state index is 10.8. The van der Waals surface area contributed by atoms with Crippen molar-refractivity contribution in [1.82, 2.24) is 14.9 Å². The SMILES string of the molecule is COc1nc(Cl)nc2c1CN(C(=O)O)CC2. The van der Waals surface area contributed by atoms with Gasteiger partial charge in [-0.25, -0.2) is 9.78 Å². The van der Waals surface area contributed by atoms with E-state index in [1.165, 1.54) is 12.0 Å². The van der Waals surface area contributed by atoms with Crippen LogP contribution in [0.4, 0.5) is 4.79 Å². The first-order chi connectivity index (χ1) is 7.61. The topological polar surface area (TPSA) is 75.6 Å². The lowest BCUT2D eigenvalue weighted by Gasteiger charge is -2.26. The Labute approximate surface area is 96.8 Å². The molecular weight excluding hydrogens is 234 g/mol. The van der Waals surface area contributed by atoms with Gasteiger partial charge in [-0.05, 0) is 11.6 Å². The van der Waals surface area contributed by atoms with Gasteiger partial charge in [-0.2, -0.15) is 4.98 Å². The average Bonchev–Trinajstić information content (AvgIpc) is 2.27. The molecule has 0 atom stereocenters. The molecule has 0 saturated heterocycles. The summed E-state index contributed by atoms with van der Waals surface area (Å²) < 4.78 is 5.07. The number of carbonyl (C=O) groups is 1. The Bertz CT molecular complexity index is 421. The third-order valence-corrected chi connectivity index (χ3v) is 2.63. The summed E-state index contributed by atoms with van der Waals surface area (Å²) in [5, 5.41) is 9.02. The molecule has 6 nitrogen and oxygen atoms in total. The Hall–Kier alpha value is -1.56. The number of rotatable bonds is 1. The summed E-state index contributed by atoms with van der Waals surface area (Å²) >= 11 is 5.73. The van der Waals surface area contributed by atoms with Crippen molar-refractivity contribution in [2.75, 3.05) is 13.7 Å². The van der Waals surface area contributed by atoms with Crippen molar-refractivity contribution in [3.05, 3.63) is 16.5 Å². The second-order valence-corrected chi connectivity index (χ2v) is 3.72. The molecule has 2 rings (SSSR count). The number of methoxy groups -OCH3 is 1. The zero-order chi connectivity index (χ0) is 11.7. The third kappa shape index (κ3) is 1.88. The quantitative estimate of drug-likeness (QED) is 0.750. The van der Waals surface area contributed by atoms with Crippen LogP contribution in [0.15, 0.2) is 0 Å². The Morgan fingerprint density at radius 3 is 2.94 bits per heavy atom. The largest absolute Gasteiger partial charge is 0.481 e. The Balaban J connectivity index is 2.39. The summed E-state index contributed by atoms with van der Waals surface area (Å²) in [4.78, 5) is 20.1. The zero-order valence-corrected chi connectivity index (χ0v) is 9.36. The van der Waals surface area contributed by atoms with Gasteiger partial charge in [0.1, 0.15) is 0 Å². The molecule has 0 aromatic carbocycles. The van der Waals surface area contributed by atoms with E-state index in [0.717, 1.165) is 5.69 Å². The average molecular weight is 244 g/mol. The van der Waals surface area contributed by atoms with E-state index < -0.39 is 6.09 Å². The van der Waals surface area contributed by atoms with Crippen LogP contribution in [0.1, 0.15) is 11.3 Å². The van der Waals surface area contributed by atoms with E-state index in [0.29, 0.717) is 24.4 Å². The minimum absolute atomic E-state index is 0.124. The summed E-state index contributed by atoms with van der Waals surface area (Å²) in [6.45, 7) is 0.657. The fourth-order valence-corrected chi connectivity index (χ4v) is 1.87. The van der Waals surface area contributed by atoms with Gasteiger partial charge in [0.05, 0.1) is 24.9 Å². The first kappa shape index (κ1) is 10.9. The van der Waals surface area contributed by atoms with Gasteiger partial charge in [0.15, 0.2) is 0 Å². The van der Waals surface area contributed by atoms with Crippen molar-refractivity contribution < 1.29 is 14.6 Å². The van der Waals surface area contributed by atoms with Gasteiger partial charge in [-0.1, -0.05) is 0 Å². The van der Waals surface area contributed by atoms with E-state index in [9.17, 15) is 4.79 Å². The predicted octanol–water partition coefficient (Wildman–Crippen LogP) is 1.17. The predicted molar refractivity (Wildman–Crippen MR) is 55.7 cm³/mol. The highest BCUT2D eigenvalue weighted by Gasteiger charge is 2.25. The summed E-state index contributed by atoms with van der Waals surface area (Å²) in [6, 6.07) is 0. The molecule has 0 spiro atoms. The highest BCUT2D eigenvalue weighted by molar-refractivity contribution is 6.28. The lowest BCUT2D eigenvalue weighted by Crippen LogP contribution is -2.35. The van der Waals surface area contributed by atoms with Crippen LogP contribution in [-0.4, -0.2) is 39.7 Å². The molecule has 1 aliphatic heterocycles. The van der Waals surface area contributed by atoms with Crippen LogP contribution in [0, 0.1) is 0 Å². The molecule has 0 saturated carbocycles. The van der Waals surface area contributed by atoms with Crippen molar-refractivity contribution in [3.63, 3.8) is 0 Å². The van der Waals surface area contributed by atoms with Gasteiger partial charge in [0.25, 0.3) is 0 Å². The van der Waals surface area contributed by atoms with E-state index in [4.69, 9.17) is 21.4 Å². The zero-order valence-electron chi connectivity index (χ0n) is 8.60. The van der Waals surface area contributed by atoms with Crippen LogP contribution in [0.3, 0.4) is 0 Å². The number of hydrogen-bond donors (Lipinski definition) is 1. The van der Waals surface area contributed by atoms with E-state index in [-0.39, 0.29) is 11.8 Å². The van der Waals surface area contributed by atoms with Crippen molar-refractivity contribution in [2.24, 2.45) is 0 Å². The van der Waals surface area contributed by atoms with E-state index in [2.05, 4.69) is 9.97 Å². The molecule has 1 N–H and O–H groups in total. The maximum absolute atomic E-state index is 10.8. The molecule has 0 unspecified atom stereocenters. The standard InChI is InChI=1S/C9H10ClN3O3/c1-16-7-5-4-13(9(14)15)3-2-6(5)11-8(10)12-7/h2-4H2,1H3,(H,14,15). The number of hydrogen-bond acceptors (Lipinski definition) is 4. The van der Waals surface area contributed by atoms with E-state index >= 15 is 0 Å². The molecule has 1 aliphatic rings. The van der Waals surface area contributed by atoms with Gasteiger partial charge in [-0.15, -0.1) is 0 Å². The molecule has 86 valence electrons. The number of aromatic nitrogens is 2. The van der Waals surface area contributed by atoms with Gasteiger partial charge in [-0.3, -0.25) is 0 Å². The molecule has 2 heterocycles. The first-order valence-corrected chi connectivity index (χ1v) is 5.06. The van der Waals surface area contributed by atoms with Gasteiger partial charge < -0.3 is 14.7 Å². The number of nitrogens with zero attached hydrogens (tertiary/aromatic N) is 3. The van der Waals surface area contributed by atoms with Crippen LogP contribution < -0.4 is 4.74 Å². The number of ether oxygens (including phenoxy) is 1. The second-order valence-electron chi connectivity index (χ2n) is 3.38. The Kier molecular flexibility index (Phi) is 2.82. The van der Waals surface area contributed by atoms with Crippen LogP contribution in [0.2, 0.25) is 5.28 Å². The molecule has 1 amide bonds. The summed E-state index contributed by atoms with van der Waals surface area (Å²) in [5.41, 5.74) is 1.45. The number of amides is 1. The minimum atomic E-state index is -0.956. The highest BCUT2D eigenvalue weighted by Crippen LogP contribution is 2.26. The van der Waals surface area contributed by atoms with E-state index in [1.54, 1.807) is 0 Å². The molecule has 0 bridgehead atoms. The third-order valence-electron chi connectivity index (χ3n) is 2.46. The van der Waals surface area contributed by atoms with Crippen molar-refractivity contribution in [2.45, 2.75) is 13.0 Å². The monoisotopic (exact) mass is 243 g/mol. The van der Waals surface area contributed by atoms with Crippen LogP contribution in [0.5, 0.6) is 5.88 Å². The molecule has 16 heavy (non-hydrogen) atoms. The number of fused-ring (bicyclic) bond motifs is 1. The molecule has 0 radical (unpaired) electrons. The minimum Gasteiger partial charge on any atom is -0.481 e. The first-order valence-electron chi connectivity index (χ1n) is 4.69. The molecule has 0 fully saturated rings. The van der Waals surface area contributed by atoms with Crippen LogP contribution in [0.25, 0.3) is 0 Å². The number of halogens is 1. The Morgan fingerprint density at radius 2 is 2.31 bits per heavy atom. The van der Waals surface area contributed by atoms with Crippen molar-refractivity contribution in [1.29, 1.82) is 0 Å². The van der Waals surface area contributed by atoms with Gasteiger partial charge in [0.2, 0.25) is 11.2 Å². The van der Waals surface area contributed by atoms with Crippen LogP contribution in [-0.2, 0) is 13.0 Å². The van der Waals surface area contributed by atoms with Gasteiger partial charge in [0, 0.05) is 13.0 Å². The Morgan fingerprint density at radius 1 is 1.56 bits per heavy atom. The maximum Gasteiger partial charge on any atom is 0.407 e. The fraction of sp³-hybridized carbons (Fsp3) is 0.444. The molecule has 7 heteroatoms. The second kappa shape index (κ2) is 4.13. The lowest BCUT2D eigenvalue weighted by molar-refractivity contribution is 0.138. The fourth-order valence-electron chi connectivity index (χ4n) is 1.69.